The van der Waals surface area contributed by atoms with E-state index >= 15 is 0 Å². The van der Waals surface area contributed by atoms with Gasteiger partial charge in [0.2, 0.25) is 5.91 Å². The zero-order valence-corrected chi connectivity index (χ0v) is 21.2. The van der Waals surface area contributed by atoms with Gasteiger partial charge >= 0.3 is 5.97 Å². The van der Waals surface area contributed by atoms with Crippen LogP contribution in [0.3, 0.4) is 0 Å². The van der Waals surface area contributed by atoms with Gasteiger partial charge in [0, 0.05) is 43.4 Å². The van der Waals surface area contributed by atoms with Crippen molar-refractivity contribution in [2.75, 3.05) is 33.3 Å². The number of benzene rings is 1. The third-order valence-electron chi connectivity index (χ3n) is 6.48. The molecule has 0 radical (unpaired) electrons. The second-order valence-corrected chi connectivity index (χ2v) is 9.06. The Morgan fingerprint density at radius 3 is 2.43 bits per heavy atom. The monoisotopic (exact) mass is 483 g/mol. The Balaban J connectivity index is 1.54. The molecule has 3 rings (SSSR count). The number of methoxy groups -OCH3 is 1. The first-order valence-corrected chi connectivity index (χ1v) is 12.3. The second kappa shape index (κ2) is 12.5. The van der Waals surface area contributed by atoms with Crippen LogP contribution in [-0.4, -0.2) is 71.8 Å². The van der Waals surface area contributed by atoms with Crippen molar-refractivity contribution in [1.29, 1.82) is 0 Å². The molecule has 1 aliphatic heterocycles. The molecule has 1 aromatic heterocycles. The number of hydrogen-bond acceptors (Lipinski definition) is 6. The third kappa shape index (κ3) is 7.14. The standard InChI is InChI=1S/C26H37N5O4/c1-5-14-27-24(32)17-30-15-12-21(13-16-30)28-26(34)20-6-8-22(9-7-20)31-19(3)23(18(2)29-31)10-11-25(33)35-4/h6-9,21H,5,10-17H2,1-4H3,(H,27,32)(H,28,34). The fraction of sp³-hybridized carbons (Fsp3) is 0.538. The second-order valence-electron chi connectivity index (χ2n) is 9.06. The van der Waals surface area contributed by atoms with E-state index < -0.39 is 0 Å². The molecule has 9 heteroatoms. The number of nitrogens with zero attached hydrogens (tertiary/aromatic N) is 3. The zero-order chi connectivity index (χ0) is 25.4. The van der Waals surface area contributed by atoms with Crippen LogP contribution in [0.25, 0.3) is 5.69 Å². The molecule has 2 aromatic rings. The Morgan fingerprint density at radius 2 is 1.80 bits per heavy atom. The summed E-state index contributed by atoms with van der Waals surface area (Å²) in [7, 11) is 1.39. The van der Waals surface area contributed by atoms with Gasteiger partial charge in [-0.05, 0) is 69.4 Å². The molecule has 0 saturated carbocycles. The normalized spacial score (nSPS) is 14.5. The summed E-state index contributed by atoms with van der Waals surface area (Å²) in [4.78, 5) is 38.3. The minimum absolute atomic E-state index is 0.0626. The van der Waals surface area contributed by atoms with Crippen LogP contribution in [0.2, 0.25) is 0 Å². The zero-order valence-electron chi connectivity index (χ0n) is 21.2. The van der Waals surface area contributed by atoms with Gasteiger partial charge in [0.05, 0.1) is 25.0 Å². The lowest BCUT2D eigenvalue weighted by molar-refractivity contribution is -0.140. The van der Waals surface area contributed by atoms with Crippen LogP contribution in [0.1, 0.15) is 59.9 Å². The van der Waals surface area contributed by atoms with Crippen LogP contribution in [0.5, 0.6) is 0 Å². The summed E-state index contributed by atoms with van der Waals surface area (Å²) in [5.74, 6) is -0.273. The van der Waals surface area contributed by atoms with E-state index in [1.165, 1.54) is 7.11 Å². The van der Waals surface area contributed by atoms with E-state index in [1.54, 1.807) is 0 Å². The maximum Gasteiger partial charge on any atom is 0.305 e. The number of likely N-dealkylation sites (tertiary alicyclic amines) is 1. The molecule has 1 aliphatic rings. The molecule has 0 atom stereocenters. The van der Waals surface area contributed by atoms with Crippen molar-refractivity contribution in [1.82, 2.24) is 25.3 Å². The summed E-state index contributed by atoms with van der Waals surface area (Å²) >= 11 is 0. The summed E-state index contributed by atoms with van der Waals surface area (Å²) in [5, 5.41) is 10.7. The molecule has 2 amide bonds. The van der Waals surface area contributed by atoms with Gasteiger partial charge in [0.25, 0.3) is 5.91 Å². The summed E-state index contributed by atoms with van der Waals surface area (Å²) in [5.41, 5.74) is 4.34. The molecule has 2 heterocycles. The van der Waals surface area contributed by atoms with E-state index in [0.717, 1.165) is 55.0 Å². The highest BCUT2D eigenvalue weighted by Crippen LogP contribution is 2.20. The van der Waals surface area contributed by atoms with Gasteiger partial charge in [-0.1, -0.05) is 6.92 Å². The Hall–Kier alpha value is -3.20. The van der Waals surface area contributed by atoms with Gasteiger partial charge in [-0.2, -0.15) is 5.10 Å². The molecular formula is C26H37N5O4. The van der Waals surface area contributed by atoms with Crippen molar-refractivity contribution in [2.24, 2.45) is 0 Å². The van der Waals surface area contributed by atoms with Crippen LogP contribution in [-0.2, 0) is 20.7 Å². The maximum absolute atomic E-state index is 12.8. The molecule has 1 fully saturated rings. The van der Waals surface area contributed by atoms with Crippen molar-refractivity contribution < 1.29 is 19.1 Å². The third-order valence-corrected chi connectivity index (χ3v) is 6.48. The minimum atomic E-state index is -0.241. The molecular weight excluding hydrogens is 446 g/mol. The number of carbonyl (C=O) groups is 3. The highest BCUT2D eigenvalue weighted by atomic mass is 16.5. The highest BCUT2D eigenvalue weighted by molar-refractivity contribution is 5.94. The smallest absolute Gasteiger partial charge is 0.305 e. The largest absolute Gasteiger partial charge is 0.469 e. The van der Waals surface area contributed by atoms with Crippen molar-refractivity contribution >= 4 is 17.8 Å². The first-order chi connectivity index (χ1) is 16.8. The van der Waals surface area contributed by atoms with Crippen LogP contribution < -0.4 is 10.6 Å². The molecule has 35 heavy (non-hydrogen) atoms. The molecule has 1 saturated heterocycles. The molecule has 9 nitrogen and oxygen atoms in total. The quantitative estimate of drug-likeness (QED) is 0.503. The van der Waals surface area contributed by atoms with E-state index in [9.17, 15) is 14.4 Å². The first-order valence-electron chi connectivity index (χ1n) is 12.3. The predicted octanol–water partition coefficient (Wildman–Crippen LogP) is 2.32. The molecule has 0 bridgehead atoms. The van der Waals surface area contributed by atoms with Gasteiger partial charge < -0.3 is 15.4 Å². The van der Waals surface area contributed by atoms with Crippen LogP contribution in [0.4, 0.5) is 0 Å². The van der Waals surface area contributed by atoms with E-state index in [-0.39, 0.29) is 23.8 Å². The number of ether oxygens (including phenoxy) is 1. The predicted molar refractivity (Wildman–Crippen MR) is 134 cm³/mol. The van der Waals surface area contributed by atoms with Crippen LogP contribution in [0, 0.1) is 13.8 Å². The molecule has 2 N–H and O–H groups in total. The summed E-state index contributed by atoms with van der Waals surface area (Å²) in [6, 6.07) is 7.49. The molecule has 0 spiro atoms. The summed E-state index contributed by atoms with van der Waals surface area (Å²) < 4.78 is 6.59. The number of aryl methyl sites for hydroxylation is 1. The average Bonchev–Trinajstić information content (AvgIpc) is 3.15. The minimum Gasteiger partial charge on any atom is -0.469 e. The van der Waals surface area contributed by atoms with E-state index in [0.29, 0.717) is 31.5 Å². The Bertz CT molecular complexity index is 1020. The van der Waals surface area contributed by atoms with E-state index in [2.05, 4.69) is 20.6 Å². The lowest BCUT2D eigenvalue weighted by atomic mass is 10.0. The highest BCUT2D eigenvalue weighted by Gasteiger charge is 2.22. The van der Waals surface area contributed by atoms with Crippen molar-refractivity contribution in [2.45, 2.75) is 58.9 Å². The van der Waals surface area contributed by atoms with Crippen molar-refractivity contribution in [3.05, 3.63) is 46.8 Å². The molecule has 0 unspecified atom stereocenters. The number of amides is 2. The van der Waals surface area contributed by atoms with E-state index in [4.69, 9.17) is 4.74 Å². The van der Waals surface area contributed by atoms with Gasteiger partial charge in [0.1, 0.15) is 0 Å². The number of rotatable bonds is 10. The molecule has 0 aliphatic carbocycles. The number of carbonyl (C=O) groups excluding carboxylic acids is 3. The Morgan fingerprint density at radius 1 is 1.11 bits per heavy atom. The van der Waals surface area contributed by atoms with Gasteiger partial charge in [-0.15, -0.1) is 0 Å². The van der Waals surface area contributed by atoms with Crippen molar-refractivity contribution in [3.63, 3.8) is 0 Å². The lowest BCUT2D eigenvalue weighted by Gasteiger charge is -2.31. The SMILES string of the molecule is CCCNC(=O)CN1CCC(NC(=O)c2ccc(-n3nc(C)c(CCC(=O)OC)c3C)cc2)CC1. The fourth-order valence-corrected chi connectivity index (χ4v) is 4.40. The maximum atomic E-state index is 12.8. The number of esters is 1. The topological polar surface area (TPSA) is 106 Å². The number of piperidine rings is 1. The Labute approximate surface area is 207 Å². The van der Waals surface area contributed by atoms with Gasteiger partial charge in [0.15, 0.2) is 0 Å². The van der Waals surface area contributed by atoms with Crippen LogP contribution in [0.15, 0.2) is 24.3 Å². The number of aromatic nitrogens is 2. The summed E-state index contributed by atoms with van der Waals surface area (Å²) in [6.07, 6.45) is 3.47. The fourth-order valence-electron chi connectivity index (χ4n) is 4.40. The van der Waals surface area contributed by atoms with Gasteiger partial charge in [-0.3, -0.25) is 19.3 Å². The van der Waals surface area contributed by atoms with E-state index in [1.807, 2.05) is 49.7 Å². The first kappa shape index (κ1) is 26.4. The lowest BCUT2D eigenvalue weighted by Crippen LogP contribution is -2.47. The number of nitrogens with one attached hydrogen (secondary N) is 2. The summed E-state index contributed by atoms with van der Waals surface area (Å²) in [6.45, 7) is 8.65. The van der Waals surface area contributed by atoms with Crippen LogP contribution >= 0.6 is 0 Å². The Kier molecular flexibility index (Phi) is 9.42. The van der Waals surface area contributed by atoms with Gasteiger partial charge in [-0.25, -0.2) is 4.68 Å². The average molecular weight is 484 g/mol. The van der Waals surface area contributed by atoms with Crippen molar-refractivity contribution in [3.8, 4) is 5.69 Å². The molecule has 1 aromatic carbocycles. The number of hydrogen-bond donors (Lipinski definition) is 2. The molecule has 190 valence electrons.